The molecule has 3 aromatic carbocycles. The third-order valence-electron chi connectivity index (χ3n) is 3.58. The Kier molecular flexibility index (Phi) is 3.88. The molecular formula is C17H14ClFN2. The van der Waals surface area contributed by atoms with Crippen molar-refractivity contribution in [2.45, 2.75) is 6.04 Å². The lowest BCUT2D eigenvalue weighted by molar-refractivity contribution is 0.607. The van der Waals surface area contributed by atoms with Crippen LogP contribution in [0.4, 0.5) is 4.39 Å². The van der Waals surface area contributed by atoms with E-state index in [1.165, 1.54) is 6.07 Å². The minimum Gasteiger partial charge on any atom is -0.271 e. The SMILES string of the molecule is NNC(c1ccc(Cl)c(F)c1)c1cccc2ccccc12. The third-order valence-corrected chi connectivity index (χ3v) is 3.88. The molecule has 0 heterocycles. The third kappa shape index (κ3) is 2.63. The first-order chi connectivity index (χ1) is 10.2. The predicted octanol–water partition coefficient (Wildman–Crippen LogP) is 4.19. The molecule has 0 saturated heterocycles. The number of nitrogens with two attached hydrogens (primary N) is 1. The van der Waals surface area contributed by atoms with E-state index in [0.29, 0.717) is 0 Å². The lowest BCUT2D eigenvalue weighted by Gasteiger charge is -2.19. The molecule has 21 heavy (non-hydrogen) atoms. The van der Waals surface area contributed by atoms with Crippen molar-refractivity contribution in [3.05, 3.63) is 82.6 Å². The summed E-state index contributed by atoms with van der Waals surface area (Å²) in [5.74, 6) is 5.26. The Morgan fingerprint density at radius 2 is 1.76 bits per heavy atom. The van der Waals surface area contributed by atoms with Crippen LogP contribution in [0.15, 0.2) is 60.7 Å². The number of rotatable bonds is 3. The van der Waals surface area contributed by atoms with E-state index >= 15 is 0 Å². The summed E-state index contributed by atoms with van der Waals surface area (Å²) in [6.45, 7) is 0. The summed E-state index contributed by atoms with van der Waals surface area (Å²) in [5.41, 5.74) is 4.49. The maximum absolute atomic E-state index is 13.7. The minimum absolute atomic E-state index is 0.104. The van der Waals surface area contributed by atoms with E-state index in [1.807, 2.05) is 42.5 Å². The van der Waals surface area contributed by atoms with Gasteiger partial charge in [-0.25, -0.2) is 9.82 Å². The number of fused-ring (bicyclic) bond motifs is 1. The van der Waals surface area contributed by atoms with Crippen LogP contribution in [0.5, 0.6) is 0 Å². The van der Waals surface area contributed by atoms with Gasteiger partial charge in [0.25, 0.3) is 0 Å². The van der Waals surface area contributed by atoms with Gasteiger partial charge in [0.05, 0.1) is 11.1 Å². The van der Waals surface area contributed by atoms with Gasteiger partial charge < -0.3 is 0 Å². The molecule has 3 rings (SSSR count). The second kappa shape index (κ2) is 5.82. The van der Waals surface area contributed by atoms with Crippen LogP contribution in [0, 0.1) is 5.82 Å². The summed E-state index contributed by atoms with van der Waals surface area (Å²) in [7, 11) is 0. The highest BCUT2D eigenvalue weighted by atomic mass is 35.5. The Hall–Kier alpha value is -1.94. The van der Waals surface area contributed by atoms with Gasteiger partial charge in [-0.1, -0.05) is 60.1 Å². The maximum Gasteiger partial charge on any atom is 0.142 e. The van der Waals surface area contributed by atoms with Crippen molar-refractivity contribution in [1.29, 1.82) is 0 Å². The van der Waals surface area contributed by atoms with Crippen molar-refractivity contribution in [3.8, 4) is 0 Å². The van der Waals surface area contributed by atoms with Crippen molar-refractivity contribution < 1.29 is 4.39 Å². The molecule has 4 heteroatoms. The molecule has 1 atom stereocenters. The minimum atomic E-state index is -0.449. The zero-order chi connectivity index (χ0) is 14.8. The number of halogens is 2. The Labute approximate surface area is 127 Å². The number of hydrogen-bond acceptors (Lipinski definition) is 2. The van der Waals surface area contributed by atoms with Crippen LogP contribution in [-0.2, 0) is 0 Å². The smallest absolute Gasteiger partial charge is 0.142 e. The zero-order valence-electron chi connectivity index (χ0n) is 11.2. The maximum atomic E-state index is 13.7. The highest BCUT2D eigenvalue weighted by Gasteiger charge is 2.16. The van der Waals surface area contributed by atoms with Crippen molar-refractivity contribution in [3.63, 3.8) is 0 Å². The summed E-state index contributed by atoms with van der Waals surface area (Å²) >= 11 is 5.74. The van der Waals surface area contributed by atoms with Crippen LogP contribution >= 0.6 is 11.6 Å². The van der Waals surface area contributed by atoms with Crippen LogP contribution in [0.2, 0.25) is 5.02 Å². The first-order valence-electron chi connectivity index (χ1n) is 6.59. The molecule has 3 aromatic rings. The van der Waals surface area contributed by atoms with Crippen LogP contribution in [0.25, 0.3) is 10.8 Å². The van der Waals surface area contributed by atoms with E-state index in [1.54, 1.807) is 12.1 Å². The predicted molar refractivity (Wildman–Crippen MR) is 84.5 cm³/mol. The van der Waals surface area contributed by atoms with Crippen LogP contribution in [0.1, 0.15) is 17.2 Å². The monoisotopic (exact) mass is 300 g/mol. The van der Waals surface area contributed by atoms with Gasteiger partial charge in [-0.05, 0) is 34.0 Å². The molecular weight excluding hydrogens is 287 g/mol. The second-order valence-electron chi connectivity index (χ2n) is 4.84. The second-order valence-corrected chi connectivity index (χ2v) is 5.25. The molecule has 2 nitrogen and oxygen atoms in total. The molecule has 0 aromatic heterocycles. The van der Waals surface area contributed by atoms with Crippen molar-refractivity contribution in [2.75, 3.05) is 0 Å². The summed E-state index contributed by atoms with van der Waals surface area (Å²) < 4.78 is 13.7. The first kappa shape index (κ1) is 14.0. The molecule has 0 aliphatic heterocycles. The molecule has 0 saturated carbocycles. The van der Waals surface area contributed by atoms with Crippen LogP contribution in [-0.4, -0.2) is 0 Å². The van der Waals surface area contributed by atoms with Crippen LogP contribution in [0.3, 0.4) is 0 Å². The highest BCUT2D eigenvalue weighted by molar-refractivity contribution is 6.30. The van der Waals surface area contributed by atoms with Gasteiger partial charge in [-0.15, -0.1) is 0 Å². The van der Waals surface area contributed by atoms with Gasteiger partial charge in [0, 0.05) is 0 Å². The summed E-state index contributed by atoms with van der Waals surface area (Å²) in [6.07, 6.45) is 0. The zero-order valence-corrected chi connectivity index (χ0v) is 11.9. The van der Waals surface area contributed by atoms with Crippen molar-refractivity contribution in [2.24, 2.45) is 5.84 Å². The quantitative estimate of drug-likeness (QED) is 0.562. The number of nitrogens with one attached hydrogen (secondary N) is 1. The normalized spacial score (nSPS) is 12.5. The Balaban J connectivity index is 2.16. The van der Waals surface area contributed by atoms with E-state index in [9.17, 15) is 4.39 Å². The fourth-order valence-corrected chi connectivity index (χ4v) is 2.68. The van der Waals surface area contributed by atoms with E-state index in [2.05, 4.69) is 5.43 Å². The number of hydrazine groups is 1. The van der Waals surface area contributed by atoms with Crippen LogP contribution < -0.4 is 11.3 Å². The molecule has 0 aliphatic carbocycles. The highest BCUT2D eigenvalue weighted by Crippen LogP contribution is 2.30. The lowest BCUT2D eigenvalue weighted by Crippen LogP contribution is -2.29. The molecule has 0 amide bonds. The number of hydrogen-bond donors (Lipinski definition) is 2. The molecule has 0 aliphatic rings. The van der Waals surface area contributed by atoms with Gasteiger partial charge >= 0.3 is 0 Å². The summed E-state index contributed by atoms with van der Waals surface area (Å²) in [5, 5.41) is 2.30. The summed E-state index contributed by atoms with van der Waals surface area (Å²) in [4.78, 5) is 0. The molecule has 1 unspecified atom stereocenters. The van der Waals surface area contributed by atoms with Gasteiger partial charge in [-0.2, -0.15) is 0 Å². The molecule has 0 spiro atoms. The van der Waals surface area contributed by atoms with Crippen molar-refractivity contribution >= 4 is 22.4 Å². The molecule has 106 valence electrons. The Bertz CT molecular complexity index is 783. The molecule has 0 fully saturated rings. The molecule has 0 radical (unpaired) electrons. The standard InChI is InChI=1S/C17H14ClFN2/c18-15-9-8-12(10-16(15)19)17(21-20)14-7-3-5-11-4-1-2-6-13(11)14/h1-10,17,21H,20H2. The summed E-state index contributed by atoms with van der Waals surface area (Å²) in [6, 6.07) is 18.4. The fourth-order valence-electron chi connectivity index (χ4n) is 2.56. The van der Waals surface area contributed by atoms with E-state index < -0.39 is 5.82 Å². The Morgan fingerprint density at radius 1 is 1.00 bits per heavy atom. The first-order valence-corrected chi connectivity index (χ1v) is 6.97. The van der Waals surface area contributed by atoms with E-state index in [4.69, 9.17) is 17.4 Å². The topological polar surface area (TPSA) is 38.0 Å². The molecule has 3 N–H and O–H groups in total. The van der Waals surface area contributed by atoms with E-state index in [-0.39, 0.29) is 11.1 Å². The number of benzene rings is 3. The average Bonchev–Trinajstić information content (AvgIpc) is 2.52. The van der Waals surface area contributed by atoms with Gasteiger partial charge in [0.15, 0.2) is 0 Å². The van der Waals surface area contributed by atoms with E-state index in [0.717, 1.165) is 21.9 Å². The average molecular weight is 301 g/mol. The van der Waals surface area contributed by atoms with Gasteiger partial charge in [0.2, 0.25) is 0 Å². The van der Waals surface area contributed by atoms with Gasteiger partial charge in [0.1, 0.15) is 5.82 Å². The van der Waals surface area contributed by atoms with Gasteiger partial charge in [-0.3, -0.25) is 5.84 Å². The largest absolute Gasteiger partial charge is 0.271 e. The van der Waals surface area contributed by atoms with Crippen molar-refractivity contribution in [1.82, 2.24) is 5.43 Å². The fraction of sp³-hybridized carbons (Fsp3) is 0.0588. The Morgan fingerprint density at radius 3 is 2.52 bits per heavy atom. The molecule has 0 bridgehead atoms. The lowest BCUT2D eigenvalue weighted by atomic mass is 9.94.